The normalized spacial score (nSPS) is 10.8. The molecule has 0 unspecified atom stereocenters. The van der Waals surface area contributed by atoms with E-state index in [1.807, 2.05) is 12.1 Å². The first-order valence-electron chi connectivity index (χ1n) is 6.84. The Labute approximate surface area is 125 Å². The summed E-state index contributed by atoms with van der Waals surface area (Å²) in [6, 6.07) is 7.14. The second-order valence-electron chi connectivity index (χ2n) is 5.70. The van der Waals surface area contributed by atoms with E-state index >= 15 is 0 Å². The van der Waals surface area contributed by atoms with Crippen molar-refractivity contribution in [3.63, 3.8) is 0 Å². The third kappa shape index (κ3) is 7.81. The molecule has 1 rings (SSSR count). The highest BCUT2D eigenvalue weighted by atomic mass is 16.6. The van der Waals surface area contributed by atoms with Crippen LogP contribution in [0.5, 0.6) is 0 Å². The lowest BCUT2D eigenvalue weighted by molar-refractivity contribution is -0.120. The molecule has 1 aromatic carbocycles. The van der Waals surface area contributed by atoms with E-state index in [0.29, 0.717) is 18.8 Å². The molecule has 0 aromatic heterocycles. The van der Waals surface area contributed by atoms with E-state index in [2.05, 4.69) is 10.6 Å². The zero-order chi connectivity index (χ0) is 15.9. The van der Waals surface area contributed by atoms with E-state index < -0.39 is 11.7 Å². The summed E-state index contributed by atoms with van der Waals surface area (Å²) in [7, 11) is 0. The first kappa shape index (κ1) is 16.8. The highest BCUT2D eigenvalue weighted by Gasteiger charge is 2.15. The average Bonchev–Trinajstić information content (AvgIpc) is 2.35. The minimum absolute atomic E-state index is 0.106. The fourth-order valence-corrected chi connectivity index (χ4v) is 1.56. The number of nitrogens with one attached hydrogen (secondary N) is 2. The monoisotopic (exact) mass is 293 g/mol. The van der Waals surface area contributed by atoms with Gasteiger partial charge >= 0.3 is 6.09 Å². The van der Waals surface area contributed by atoms with Crippen molar-refractivity contribution in [2.24, 2.45) is 0 Å². The molecular formula is C15H23N3O3. The van der Waals surface area contributed by atoms with Gasteiger partial charge in [-0.2, -0.15) is 0 Å². The number of rotatable bonds is 5. The van der Waals surface area contributed by atoms with Gasteiger partial charge in [0, 0.05) is 18.8 Å². The molecule has 21 heavy (non-hydrogen) atoms. The highest BCUT2D eigenvalue weighted by molar-refractivity contribution is 5.78. The summed E-state index contributed by atoms with van der Waals surface area (Å²) in [5.41, 5.74) is 6.61. The molecule has 0 aliphatic heterocycles. The summed E-state index contributed by atoms with van der Waals surface area (Å²) >= 11 is 0. The first-order chi connectivity index (χ1) is 9.76. The van der Waals surface area contributed by atoms with Crippen molar-refractivity contribution in [2.45, 2.75) is 32.8 Å². The Morgan fingerprint density at radius 1 is 1.10 bits per heavy atom. The summed E-state index contributed by atoms with van der Waals surface area (Å²) < 4.78 is 5.08. The highest BCUT2D eigenvalue weighted by Crippen LogP contribution is 2.06. The lowest BCUT2D eigenvalue weighted by Crippen LogP contribution is -2.38. The molecular weight excluding hydrogens is 270 g/mol. The van der Waals surface area contributed by atoms with Crippen LogP contribution in [0.4, 0.5) is 10.5 Å². The smallest absolute Gasteiger partial charge is 0.407 e. The van der Waals surface area contributed by atoms with Gasteiger partial charge in [-0.3, -0.25) is 4.79 Å². The molecule has 0 heterocycles. The Morgan fingerprint density at radius 3 is 2.24 bits per heavy atom. The fraction of sp³-hybridized carbons (Fsp3) is 0.467. The number of carbonyl (C=O) groups is 2. The van der Waals surface area contributed by atoms with E-state index in [0.717, 1.165) is 5.56 Å². The molecule has 0 atom stereocenters. The molecule has 0 aliphatic carbocycles. The number of hydrogen-bond donors (Lipinski definition) is 3. The van der Waals surface area contributed by atoms with Gasteiger partial charge in [0.05, 0.1) is 6.42 Å². The van der Waals surface area contributed by atoms with E-state index in [1.165, 1.54) is 0 Å². The van der Waals surface area contributed by atoms with Crippen molar-refractivity contribution in [1.29, 1.82) is 0 Å². The summed E-state index contributed by atoms with van der Waals surface area (Å²) in [6.45, 7) is 6.05. The van der Waals surface area contributed by atoms with Crippen molar-refractivity contribution in [1.82, 2.24) is 10.6 Å². The molecule has 4 N–H and O–H groups in total. The number of nitrogen functional groups attached to an aromatic ring is 1. The lowest BCUT2D eigenvalue weighted by atomic mass is 10.1. The Hall–Kier alpha value is -2.24. The zero-order valence-corrected chi connectivity index (χ0v) is 12.7. The maximum atomic E-state index is 11.7. The van der Waals surface area contributed by atoms with Crippen LogP contribution in [0.25, 0.3) is 0 Å². The predicted molar refractivity (Wildman–Crippen MR) is 81.8 cm³/mol. The van der Waals surface area contributed by atoms with E-state index in [9.17, 15) is 9.59 Å². The standard InChI is InChI=1S/C15H23N3O3/c1-15(2,3)21-14(20)18-9-8-17-13(19)10-11-4-6-12(16)7-5-11/h4-7H,8-10,16H2,1-3H3,(H,17,19)(H,18,20). The number of benzene rings is 1. The van der Waals surface area contributed by atoms with Crippen LogP contribution in [-0.2, 0) is 16.0 Å². The van der Waals surface area contributed by atoms with E-state index in [1.54, 1.807) is 32.9 Å². The predicted octanol–water partition coefficient (Wildman–Crippen LogP) is 1.45. The van der Waals surface area contributed by atoms with Crippen molar-refractivity contribution in [3.8, 4) is 0 Å². The molecule has 0 saturated carbocycles. The number of ether oxygens (including phenoxy) is 1. The second-order valence-corrected chi connectivity index (χ2v) is 5.70. The van der Waals surface area contributed by atoms with Gasteiger partial charge in [-0.15, -0.1) is 0 Å². The van der Waals surface area contributed by atoms with Crippen LogP contribution in [0.3, 0.4) is 0 Å². The molecule has 1 aromatic rings. The maximum absolute atomic E-state index is 11.7. The third-order valence-corrected chi connectivity index (χ3v) is 2.46. The number of hydrogen-bond acceptors (Lipinski definition) is 4. The maximum Gasteiger partial charge on any atom is 0.407 e. The van der Waals surface area contributed by atoms with E-state index in [-0.39, 0.29) is 12.3 Å². The molecule has 0 bridgehead atoms. The van der Waals surface area contributed by atoms with Crippen molar-refractivity contribution < 1.29 is 14.3 Å². The molecule has 0 aliphatic rings. The summed E-state index contributed by atoms with van der Waals surface area (Å²) in [4.78, 5) is 23.1. The summed E-state index contributed by atoms with van der Waals surface area (Å²) in [5.74, 6) is -0.106. The molecule has 0 fully saturated rings. The van der Waals surface area contributed by atoms with Crippen LogP contribution in [-0.4, -0.2) is 30.7 Å². The number of anilines is 1. The number of carbonyl (C=O) groups excluding carboxylic acids is 2. The number of alkyl carbamates (subject to hydrolysis) is 1. The van der Waals surface area contributed by atoms with E-state index in [4.69, 9.17) is 10.5 Å². The van der Waals surface area contributed by atoms with Gasteiger partial charge in [0.25, 0.3) is 0 Å². The largest absolute Gasteiger partial charge is 0.444 e. The van der Waals surface area contributed by atoms with Crippen LogP contribution in [0.2, 0.25) is 0 Å². The van der Waals surface area contributed by atoms with Crippen LogP contribution in [0, 0.1) is 0 Å². The Bertz CT molecular complexity index is 478. The van der Waals surface area contributed by atoms with Gasteiger partial charge in [0.15, 0.2) is 0 Å². The molecule has 0 saturated heterocycles. The topological polar surface area (TPSA) is 93.5 Å². The van der Waals surface area contributed by atoms with Crippen molar-refractivity contribution in [3.05, 3.63) is 29.8 Å². The molecule has 116 valence electrons. The molecule has 2 amide bonds. The number of amides is 2. The Kier molecular flexibility index (Phi) is 6.02. The van der Waals surface area contributed by atoms with Crippen LogP contribution in [0.15, 0.2) is 24.3 Å². The van der Waals surface area contributed by atoms with Gasteiger partial charge in [-0.25, -0.2) is 4.79 Å². The first-order valence-corrected chi connectivity index (χ1v) is 6.84. The minimum Gasteiger partial charge on any atom is -0.444 e. The second kappa shape index (κ2) is 7.52. The van der Waals surface area contributed by atoms with Gasteiger partial charge in [-0.05, 0) is 38.5 Å². The zero-order valence-electron chi connectivity index (χ0n) is 12.7. The molecule has 6 nitrogen and oxygen atoms in total. The minimum atomic E-state index is -0.525. The summed E-state index contributed by atoms with van der Waals surface area (Å²) in [5, 5.41) is 5.30. The van der Waals surface area contributed by atoms with Gasteiger partial charge < -0.3 is 21.1 Å². The quantitative estimate of drug-likeness (QED) is 0.566. The molecule has 0 spiro atoms. The fourth-order valence-electron chi connectivity index (χ4n) is 1.56. The van der Waals surface area contributed by atoms with Gasteiger partial charge in [-0.1, -0.05) is 12.1 Å². The van der Waals surface area contributed by atoms with Gasteiger partial charge in [0.1, 0.15) is 5.60 Å². The molecule has 6 heteroatoms. The van der Waals surface area contributed by atoms with Crippen LogP contribution >= 0.6 is 0 Å². The number of nitrogens with two attached hydrogens (primary N) is 1. The SMILES string of the molecule is CC(C)(C)OC(=O)NCCNC(=O)Cc1ccc(N)cc1. The van der Waals surface area contributed by atoms with Crippen LogP contribution < -0.4 is 16.4 Å². The third-order valence-electron chi connectivity index (χ3n) is 2.46. The van der Waals surface area contributed by atoms with Crippen molar-refractivity contribution in [2.75, 3.05) is 18.8 Å². The Balaban J connectivity index is 2.19. The van der Waals surface area contributed by atoms with Crippen molar-refractivity contribution >= 4 is 17.7 Å². The summed E-state index contributed by atoms with van der Waals surface area (Å²) in [6.07, 6.45) is -0.206. The Morgan fingerprint density at radius 2 is 1.67 bits per heavy atom. The molecule has 0 radical (unpaired) electrons. The van der Waals surface area contributed by atoms with Gasteiger partial charge in [0.2, 0.25) is 5.91 Å². The average molecular weight is 293 g/mol. The lowest BCUT2D eigenvalue weighted by Gasteiger charge is -2.19. The van der Waals surface area contributed by atoms with Crippen LogP contribution in [0.1, 0.15) is 26.3 Å².